The van der Waals surface area contributed by atoms with Crippen molar-refractivity contribution < 1.29 is 4.79 Å². The van der Waals surface area contributed by atoms with Crippen molar-refractivity contribution in [1.29, 1.82) is 0 Å². The van der Waals surface area contributed by atoms with E-state index in [1.807, 2.05) is 55.7 Å². The number of aromatic nitrogens is 1. The Balaban J connectivity index is 1.34. The van der Waals surface area contributed by atoms with E-state index in [1.54, 1.807) is 0 Å². The summed E-state index contributed by atoms with van der Waals surface area (Å²) >= 11 is 0. The van der Waals surface area contributed by atoms with E-state index in [9.17, 15) is 4.79 Å². The van der Waals surface area contributed by atoms with E-state index in [0.717, 1.165) is 40.9 Å². The lowest BCUT2D eigenvalue weighted by Gasteiger charge is -2.13. The Kier molecular flexibility index (Phi) is 6.28. The Bertz CT molecular complexity index is 1250. The zero-order valence-electron chi connectivity index (χ0n) is 19.1. The predicted molar refractivity (Wildman–Crippen MR) is 133 cm³/mol. The van der Waals surface area contributed by atoms with Crippen molar-refractivity contribution in [3.8, 4) is 0 Å². The normalized spacial score (nSPS) is 11.0. The Morgan fingerprint density at radius 2 is 1.56 bits per heavy atom. The van der Waals surface area contributed by atoms with Crippen LogP contribution >= 0.6 is 0 Å². The van der Waals surface area contributed by atoms with Crippen LogP contribution in [0.3, 0.4) is 0 Å². The average molecular weight is 427 g/mol. The predicted octanol–water partition coefficient (Wildman–Crippen LogP) is 6.04. The van der Waals surface area contributed by atoms with Crippen LogP contribution in [-0.4, -0.2) is 10.6 Å². The number of hydrogen-bond donors (Lipinski definition) is 3. The maximum Gasteiger partial charge on any atom is 0.323 e. The average Bonchev–Trinajstić information content (AvgIpc) is 3.10. The van der Waals surface area contributed by atoms with Crippen LogP contribution in [0.1, 0.15) is 27.8 Å². The molecule has 0 atom stereocenters. The van der Waals surface area contributed by atoms with Crippen LogP contribution in [0.4, 0.5) is 16.2 Å². The van der Waals surface area contributed by atoms with Gasteiger partial charge in [-0.15, -0.1) is 0 Å². The molecule has 164 valence electrons. The van der Waals surface area contributed by atoms with E-state index in [1.165, 1.54) is 22.3 Å². The van der Waals surface area contributed by atoms with Crippen molar-refractivity contribution in [2.45, 2.75) is 33.9 Å². The summed E-state index contributed by atoms with van der Waals surface area (Å²) in [7, 11) is 2.01. The molecule has 0 bridgehead atoms. The van der Waals surface area contributed by atoms with Gasteiger partial charge in [-0.05, 0) is 79.4 Å². The van der Waals surface area contributed by atoms with E-state index in [0.29, 0.717) is 0 Å². The van der Waals surface area contributed by atoms with Gasteiger partial charge in [0.15, 0.2) is 0 Å². The summed E-state index contributed by atoms with van der Waals surface area (Å²) < 4.78 is 2.06. The first-order valence-corrected chi connectivity index (χ1v) is 10.9. The lowest BCUT2D eigenvalue weighted by Crippen LogP contribution is -2.19. The number of nitrogens with zero attached hydrogens (tertiary/aromatic N) is 1. The first kappa shape index (κ1) is 21.7. The summed E-state index contributed by atoms with van der Waals surface area (Å²) in [5.74, 6) is 0. The number of amides is 2. The van der Waals surface area contributed by atoms with E-state index >= 15 is 0 Å². The minimum atomic E-state index is -0.253. The van der Waals surface area contributed by atoms with Crippen molar-refractivity contribution in [2.75, 3.05) is 10.6 Å². The maximum atomic E-state index is 12.5. The Labute approximate surface area is 189 Å². The Morgan fingerprint density at radius 1 is 0.844 bits per heavy atom. The van der Waals surface area contributed by atoms with Crippen molar-refractivity contribution in [3.05, 3.63) is 94.7 Å². The molecule has 0 saturated carbocycles. The topological polar surface area (TPSA) is 58.1 Å². The zero-order valence-corrected chi connectivity index (χ0v) is 19.1. The monoisotopic (exact) mass is 426 g/mol. The standard InChI is InChI=1S/C27H30N4O/c1-18-12-19(2)25(20(3)13-18)17-28-16-21-6-5-7-23(14-21)29-27(32)30-24-8-9-26-22(15-24)10-11-31(26)4/h5-15,28H,16-17H2,1-4H3,(H2,29,30,32). The van der Waals surface area contributed by atoms with Crippen LogP contribution in [0.2, 0.25) is 0 Å². The SMILES string of the molecule is Cc1cc(C)c(CNCc2cccc(NC(=O)Nc3ccc4c(ccn4C)c3)c2)c(C)c1. The first-order valence-electron chi connectivity index (χ1n) is 10.9. The molecule has 4 aromatic rings. The molecular formula is C27H30N4O. The number of carbonyl (C=O) groups excluding carboxylic acids is 1. The molecule has 5 nitrogen and oxygen atoms in total. The van der Waals surface area contributed by atoms with Crippen molar-refractivity contribution in [3.63, 3.8) is 0 Å². The summed E-state index contributed by atoms with van der Waals surface area (Å²) in [6, 6.07) is 20.1. The number of carbonyl (C=O) groups is 1. The number of anilines is 2. The Hall–Kier alpha value is -3.57. The highest BCUT2D eigenvalue weighted by Crippen LogP contribution is 2.20. The van der Waals surface area contributed by atoms with Crippen LogP contribution in [0, 0.1) is 20.8 Å². The zero-order chi connectivity index (χ0) is 22.7. The number of nitrogens with one attached hydrogen (secondary N) is 3. The van der Waals surface area contributed by atoms with E-state index in [2.05, 4.69) is 59.5 Å². The number of hydrogen-bond acceptors (Lipinski definition) is 2. The quantitative estimate of drug-likeness (QED) is 0.352. The highest BCUT2D eigenvalue weighted by molar-refractivity contribution is 6.01. The summed E-state index contributed by atoms with van der Waals surface area (Å²) in [5, 5.41) is 10.5. The number of fused-ring (bicyclic) bond motifs is 1. The first-order chi connectivity index (χ1) is 15.4. The molecule has 0 unspecified atom stereocenters. The molecule has 0 fully saturated rings. The fourth-order valence-electron chi connectivity index (χ4n) is 4.23. The van der Waals surface area contributed by atoms with Gasteiger partial charge in [0.2, 0.25) is 0 Å². The van der Waals surface area contributed by atoms with Crippen LogP contribution in [0.15, 0.2) is 66.9 Å². The number of urea groups is 1. The van der Waals surface area contributed by atoms with E-state index in [-0.39, 0.29) is 6.03 Å². The van der Waals surface area contributed by atoms with Gasteiger partial charge in [0, 0.05) is 48.6 Å². The van der Waals surface area contributed by atoms with E-state index < -0.39 is 0 Å². The highest BCUT2D eigenvalue weighted by Gasteiger charge is 2.07. The third-order valence-corrected chi connectivity index (χ3v) is 5.80. The van der Waals surface area contributed by atoms with Gasteiger partial charge in [0.1, 0.15) is 0 Å². The molecule has 0 aliphatic heterocycles. The molecule has 0 aliphatic carbocycles. The molecule has 0 aliphatic rings. The molecule has 1 aromatic heterocycles. The van der Waals surface area contributed by atoms with Gasteiger partial charge >= 0.3 is 6.03 Å². The molecule has 3 N–H and O–H groups in total. The third kappa shape index (κ3) is 5.01. The number of aryl methyl sites for hydroxylation is 4. The summed E-state index contributed by atoms with van der Waals surface area (Å²) in [6.07, 6.45) is 2.01. The van der Waals surface area contributed by atoms with Gasteiger partial charge in [-0.3, -0.25) is 0 Å². The van der Waals surface area contributed by atoms with Crippen LogP contribution in [0.5, 0.6) is 0 Å². The third-order valence-electron chi connectivity index (χ3n) is 5.80. The molecule has 2 amide bonds. The molecule has 0 saturated heterocycles. The molecule has 1 heterocycles. The largest absolute Gasteiger partial charge is 0.351 e. The highest BCUT2D eigenvalue weighted by atomic mass is 16.2. The summed E-state index contributed by atoms with van der Waals surface area (Å²) in [6.45, 7) is 8.00. The summed E-state index contributed by atoms with van der Waals surface area (Å²) in [4.78, 5) is 12.5. The van der Waals surface area contributed by atoms with Gasteiger partial charge in [-0.25, -0.2) is 4.79 Å². The van der Waals surface area contributed by atoms with Crippen LogP contribution < -0.4 is 16.0 Å². The van der Waals surface area contributed by atoms with Gasteiger partial charge in [-0.2, -0.15) is 0 Å². The van der Waals surface area contributed by atoms with E-state index in [4.69, 9.17) is 0 Å². The molecule has 3 aromatic carbocycles. The molecule has 0 radical (unpaired) electrons. The van der Waals surface area contributed by atoms with Gasteiger partial charge in [0.25, 0.3) is 0 Å². The maximum absolute atomic E-state index is 12.5. The smallest absolute Gasteiger partial charge is 0.323 e. The molecule has 32 heavy (non-hydrogen) atoms. The molecule has 4 rings (SSSR count). The Morgan fingerprint density at radius 3 is 2.31 bits per heavy atom. The van der Waals surface area contributed by atoms with Gasteiger partial charge in [-0.1, -0.05) is 29.8 Å². The van der Waals surface area contributed by atoms with Crippen molar-refractivity contribution >= 4 is 28.3 Å². The van der Waals surface area contributed by atoms with Crippen molar-refractivity contribution in [1.82, 2.24) is 9.88 Å². The molecular weight excluding hydrogens is 396 g/mol. The van der Waals surface area contributed by atoms with Crippen molar-refractivity contribution in [2.24, 2.45) is 7.05 Å². The second kappa shape index (κ2) is 9.28. The van der Waals surface area contributed by atoms with Crippen LogP contribution in [-0.2, 0) is 20.1 Å². The molecule has 0 spiro atoms. The van der Waals surface area contributed by atoms with Crippen LogP contribution in [0.25, 0.3) is 10.9 Å². The second-order valence-corrected chi connectivity index (χ2v) is 8.46. The minimum absolute atomic E-state index is 0.253. The number of benzene rings is 3. The molecule has 5 heteroatoms. The number of rotatable bonds is 6. The minimum Gasteiger partial charge on any atom is -0.351 e. The summed E-state index contributed by atoms with van der Waals surface area (Å²) in [5.41, 5.74) is 9.06. The lowest BCUT2D eigenvalue weighted by molar-refractivity contribution is 0.262. The second-order valence-electron chi connectivity index (χ2n) is 8.46. The fraction of sp³-hybridized carbons (Fsp3) is 0.222. The lowest BCUT2D eigenvalue weighted by atomic mass is 10.00. The van der Waals surface area contributed by atoms with Gasteiger partial charge < -0.3 is 20.5 Å². The fourth-order valence-corrected chi connectivity index (χ4v) is 4.23. The van der Waals surface area contributed by atoms with Gasteiger partial charge in [0.05, 0.1) is 0 Å².